The standard InChI is InChI=1S/C24H42O21/c25-1-5-9(29)12(32)15(35)20(41-5)23(39)19(38)18(44-22-17(37)14(34)11(31)7(3-27)43-22)8(4-28)45-24(23,40)21-16(36)13(33)10(30)6(2-26)42-21/h5-22,25-40H,1-4H2/t5-,6-,7-,8-,9+,10+,11+,12+,13+,14+,15-,16-,17-,18-,19+,20?,21?,22+,23+,24?/m1/s1. The number of hydrogen-bond acceptors (Lipinski definition) is 21. The van der Waals surface area contributed by atoms with E-state index in [1.807, 2.05) is 0 Å². The van der Waals surface area contributed by atoms with Gasteiger partial charge < -0.3 is 105 Å². The van der Waals surface area contributed by atoms with Crippen LogP contribution in [0, 0.1) is 0 Å². The number of aliphatic hydroxyl groups is 16. The molecular weight excluding hydrogens is 624 g/mol. The van der Waals surface area contributed by atoms with Gasteiger partial charge in [0.2, 0.25) is 5.79 Å². The van der Waals surface area contributed by atoms with Gasteiger partial charge in [0.25, 0.3) is 0 Å². The Hall–Kier alpha value is -0.840. The maximum absolute atomic E-state index is 12.2. The molecule has 0 radical (unpaired) electrons. The predicted octanol–water partition coefficient (Wildman–Crippen LogP) is -11.0. The fourth-order valence-electron chi connectivity index (χ4n) is 6.25. The maximum atomic E-state index is 12.2. The minimum atomic E-state index is -3.67. The molecule has 21 heteroatoms. The van der Waals surface area contributed by atoms with Crippen LogP contribution in [-0.4, -0.2) is 230 Å². The van der Waals surface area contributed by atoms with E-state index in [9.17, 15) is 81.7 Å². The highest BCUT2D eigenvalue weighted by Crippen LogP contribution is 2.49. The quantitative estimate of drug-likeness (QED) is 0.114. The number of ether oxygens (including phenoxy) is 5. The van der Waals surface area contributed by atoms with Crippen LogP contribution >= 0.6 is 0 Å². The van der Waals surface area contributed by atoms with Crippen molar-refractivity contribution >= 4 is 0 Å². The second-order valence-corrected chi connectivity index (χ2v) is 11.6. The Labute approximate surface area is 253 Å². The summed E-state index contributed by atoms with van der Waals surface area (Å²) in [6, 6.07) is 0. The Morgan fingerprint density at radius 3 is 1.33 bits per heavy atom. The molecule has 20 atom stereocenters. The molecule has 3 unspecified atom stereocenters. The third-order valence-corrected chi connectivity index (χ3v) is 8.96. The van der Waals surface area contributed by atoms with Crippen LogP contribution in [-0.2, 0) is 23.7 Å². The minimum Gasteiger partial charge on any atom is -0.394 e. The molecule has 4 aliphatic rings. The van der Waals surface area contributed by atoms with Gasteiger partial charge in [0.05, 0.1) is 26.4 Å². The number of aliphatic hydroxyl groups excluding tert-OH is 14. The van der Waals surface area contributed by atoms with Gasteiger partial charge >= 0.3 is 0 Å². The second kappa shape index (κ2) is 13.9. The van der Waals surface area contributed by atoms with E-state index in [-0.39, 0.29) is 0 Å². The van der Waals surface area contributed by atoms with Gasteiger partial charge in [-0.3, -0.25) is 0 Å². The SMILES string of the molecule is OC[C@H]1O[C@@H](O[C@@H]2[C@@H](CO)OC(O)(C3O[C@H](CO)[C@H](O)[C@H](O)[C@H]3O)[C@@](O)(C3O[C@H](CO)[C@H](O)[C@H](O)[C@H]3O)[C@H]2O)[C@H](O)[C@@H](O)[C@H]1O. The zero-order valence-electron chi connectivity index (χ0n) is 23.4. The van der Waals surface area contributed by atoms with Crippen molar-refractivity contribution in [1.82, 2.24) is 0 Å². The van der Waals surface area contributed by atoms with Crippen molar-refractivity contribution in [1.29, 1.82) is 0 Å². The average Bonchev–Trinajstić information content (AvgIpc) is 3.02. The molecule has 0 aromatic carbocycles. The molecule has 4 rings (SSSR count). The van der Waals surface area contributed by atoms with Crippen LogP contribution in [0.2, 0.25) is 0 Å². The van der Waals surface area contributed by atoms with E-state index in [1.165, 1.54) is 0 Å². The smallest absolute Gasteiger partial charge is 0.230 e. The first-order valence-corrected chi connectivity index (χ1v) is 14.0. The fraction of sp³-hybridized carbons (Fsp3) is 1.00. The molecule has 21 nitrogen and oxygen atoms in total. The van der Waals surface area contributed by atoms with Crippen LogP contribution in [0.15, 0.2) is 0 Å². The summed E-state index contributed by atoms with van der Waals surface area (Å²) in [5, 5.41) is 169. The highest BCUT2D eigenvalue weighted by Gasteiger charge is 2.75. The lowest BCUT2D eigenvalue weighted by atomic mass is 9.68. The van der Waals surface area contributed by atoms with Crippen LogP contribution in [0.4, 0.5) is 0 Å². The van der Waals surface area contributed by atoms with Crippen LogP contribution in [0.5, 0.6) is 0 Å². The maximum Gasteiger partial charge on any atom is 0.230 e. The van der Waals surface area contributed by atoms with Gasteiger partial charge in [0, 0.05) is 0 Å². The van der Waals surface area contributed by atoms with Crippen molar-refractivity contribution in [3.8, 4) is 0 Å². The van der Waals surface area contributed by atoms with E-state index >= 15 is 0 Å². The monoisotopic (exact) mass is 666 g/mol. The van der Waals surface area contributed by atoms with Crippen LogP contribution in [0.1, 0.15) is 0 Å². The van der Waals surface area contributed by atoms with Crippen molar-refractivity contribution in [3.05, 3.63) is 0 Å². The second-order valence-electron chi connectivity index (χ2n) is 11.6. The Morgan fingerprint density at radius 1 is 0.467 bits per heavy atom. The lowest BCUT2D eigenvalue weighted by molar-refractivity contribution is -0.468. The molecule has 4 aliphatic heterocycles. The van der Waals surface area contributed by atoms with Crippen LogP contribution in [0.25, 0.3) is 0 Å². The van der Waals surface area contributed by atoms with Crippen molar-refractivity contribution in [2.75, 3.05) is 26.4 Å². The van der Waals surface area contributed by atoms with E-state index in [1.54, 1.807) is 0 Å². The topological polar surface area (TPSA) is 370 Å². The van der Waals surface area contributed by atoms with E-state index in [0.717, 1.165) is 0 Å². The van der Waals surface area contributed by atoms with Gasteiger partial charge in [-0.15, -0.1) is 0 Å². The molecule has 4 heterocycles. The molecule has 4 fully saturated rings. The first-order valence-electron chi connectivity index (χ1n) is 14.0. The van der Waals surface area contributed by atoms with Gasteiger partial charge in [-0.2, -0.15) is 0 Å². The molecule has 16 N–H and O–H groups in total. The highest BCUT2D eigenvalue weighted by atomic mass is 16.7. The van der Waals surface area contributed by atoms with E-state index in [4.69, 9.17) is 23.7 Å². The average molecular weight is 667 g/mol. The Morgan fingerprint density at radius 2 is 0.867 bits per heavy atom. The van der Waals surface area contributed by atoms with Crippen molar-refractivity contribution in [2.24, 2.45) is 0 Å². The van der Waals surface area contributed by atoms with Gasteiger partial charge in [0.15, 0.2) is 11.9 Å². The summed E-state index contributed by atoms with van der Waals surface area (Å²) in [4.78, 5) is 0. The first kappa shape index (κ1) is 37.0. The van der Waals surface area contributed by atoms with Crippen LogP contribution < -0.4 is 0 Å². The molecule has 0 aromatic heterocycles. The van der Waals surface area contributed by atoms with Gasteiger partial charge in [-0.1, -0.05) is 0 Å². The molecule has 264 valence electrons. The largest absolute Gasteiger partial charge is 0.394 e. The zero-order valence-corrected chi connectivity index (χ0v) is 23.4. The van der Waals surface area contributed by atoms with Crippen molar-refractivity contribution in [3.63, 3.8) is 0 Å². The summed E-state index contributed by atoms with van der Waals surface area (Å²) in [6.45, 7) is -4.25. The Kier molecular flexibility index (Phi) is 11.5. The predicted molar refractivity (Wildman–Crippen MR) is 134 cm³/mol. The molecule has 0 saturated carbocycles. The van der Waals surface area contributed by atoms with Gasteiger partial charge in [-0.25, -0.2) is 0 Å². The van der Waals surface area contributed by atoms with E-state index in [0.29, 0.717) is 0 Å². The van der Waals surface area contributed by atoms with Crippen molar-refractivity contribution < 1.29 is 105 Å². The summed E-state index contributed by atoms with van der Waals surface area (Å²) in [6.07, 6.45) is -38.5. The molecule has 0 bridgehead atoms. The Balaban J connectivity index is 1.83. The van der Waals surface area contributed by atoms with E-state index in [2.05, 4.69) is 0 Å². The lowest BCUT2D eigenvalue weighted by Crippen LogP contribution is -2.86. The normalized spacial score (nSPS) is 56.3. The Bertz CT molecular complexity index is 973. The molecule has 0 aliphatic carbocycles. The summed E-state index contributed by atoms with van der Waals surface area (Å²) in [5.41, 5.74) is -3.67. The van der Waals surface area contributed by atoms with E-state index < -0.39 is 148 Å². The highest BCUT2D eigenvalue weighted by molar-refractivity contribution is 5.20. The first-order chi connectivity index (χ1) is 21.0. The minimum absolute atomic E-state index is 0.913. The zero-order chi connectivity index (χ0) is 33.8. The fourth-order valence-corrected chi connectivity index (χ4v) is 6.25. The third-order valence-electron chi connectivity index (χ3n) is 8.96. The molecule has 4 saturated heterocycles. The molecule has 0 amide bonds. The van der Waals surface area contributed by atoms with Crippen LogP contribution in [0.3, 0.4) is 0 Å². The molecular formula is C24H42O21. The molecule has 0 aromatic rings. The number of hydrogen-bond donors (Lipinski definition) is 16. The lowest BCUT2D eigenvalue weighted by Gasteiger charge is -2.61. The van der Waals surface area contributed by atoms with Gasteiger partial charge in [0.1, 0.15) is 104 Å². The molecule has 45 heavy (non-hydrogen) atoms. The number of rotatable bonds is 8. The summed E-state index contributed by atoms with van der Waals surface area (Å²) < 4.78 is 27.1. The summed E-state index contributed by atoms with van der Waals surface area (Å²) in [5.74, 6) is -3.67. The molecule has 0 spiro atoms. The summed E-state index contributed by atoms with van der Waals surface area (Å²) >= 11 is 0. The summed E-state index contributed by atoms with van der Waals surface area (Å²) in [7, 11) is 0. The third kappa shape index (κ3) is 5.92. The van der Waals surface area contributed by atoms with Crippen molar-refractivity contribution in [2.45, 2.75) is 121 Å². The van der Waals surface area contributed by atoms with Gasteiger partial charge in [-0.05, 0) is 0 Å².